The number of nitrogens with one attached hydrogen (secondary N) is 3. The fourth-order valence-corrected chi connectivity index (χ4v) is 3.76. The molecule has 9 heteroatoms. The summed E-state index contributed by atoms with van der Waals surface area (Å²) in [6.07, 6.45) is 4.78. The molecule has 2 atom stereocenters. The molecule has 3 rings (SSSR count). The number of nitrogens with zero attached hydrogens (tertiary/aromatic N) is 2. The van der Waals surface area contributed by atoms with Crippen LogP contribution in [0.2, 0.25) is 0 Å². The van der Waals surface area contributed by atoms with E-state index in [-0.39, 0.29) is 11.4 Å². The Labute approximate surface area is 167 Å². The molecule has 0 bridgehead atoms. The molecule has 1 aliphatic rings. The van der Waals surface area contributed by atoms with E-state index >= 15 is 0 Å². The predicted octanol–water partition coefficient (Wildman–Crippen LogP) is 2.93. The first-order chi connectivity index (χ1) is 13.9. The number of halogens is 2. The maximum Gasteiger partial charge on any atom is 0.273 e. The molecule has 2 unspecified atom stereocenters. The summed E-state index contributed by atoms with van der Waals surface area (Å²) in [7, 11) is 0. The Hall–Kier alpha value is -2.81. The second kappa shape index (κ2) is 9.13. The number of benzene rings is 1. The zero-order valence-electron chi connectivity index (χ0n) is 16.5. The van der Waals surface area contributed by atoms with Gasteiger partial charge in [0.05, 0.1) is 5.69 Å². The molecule has 0 saturated carbocycles. The van der Waals surface area contributed by atoms with Crippen molar-refractivity contribution in [2.75, 3.05) is 18.4 Å². The Morgan fingerprint density at radius 3 is 2.48 bits per heavy atom. The van der Waals surface area contributed by atoms with E-state index in [1.807, 2.05) is 0 Å². The van der Waals surface area contributed by atoms with Gasteiger partial charge in [0.15, 0.2) is 5.69 Å². The summed E-state index contributed by atoms with van der Waals surface area (Å²) in [4.78, 5) is 27.1. The predicted molar refractivity (Wildman–Crippen MR) is 105 cm³/mol. The SMILES string of the molecule is CC1CCCC(C)N1CCNC(=O)c1n[nH]cc1NC(=O)c1c(F)cccc1F. The highest BCUT2D eigenvalue weighted by Crippen LogP contribution is 2.22. The smallest absolute Gasteiger partial charge is 0.273 e. The first-order valence-corrected chi connectivity index (χ1v) is 9.71. The molecule has 3 N–H and O–H groups in total. The zero-order chi connectivity index (χ0) is 21.0. The first kappa shape index (κ1) is 20.9. The molecule has 2 heterocycles. The van der Waals surface area contributed by atoms with Gasteiger partial charge >= 0.3 is 0 Å². The van der Waals surface area contributed by atoms with Crippen LogP contribution in [0, 0.1) is 11.6 Å². The number of carbonyl (C=O) groups is 2. The van der Waals surface area contributed by atoms with Crippen LogP contribution in [0.1, 0.15) is 54.0 Å². The molecule has 1 fully saturated rings. The Balaban J connectivity index is 1.60. The maximum absolute atomic E-state index is 13.8. The second-order valence-electron chi connectivity index (χ2n) is 7.32. The topological polar surface area (TPSA) is 90.1 Å². The normalized spacial score (nSPS) is 19.7. The number of H-pyrrole nitrogens is 1. The molecule has 0 aliphatic carbocycles. The van der Waals surface area contributed by atoms with Gasteiger partial charge in [-0.25, -0.2) is 8.78 Å². The first-order valence-electron chi connectivity index (χ1n) is 9.71. The summed E-state index contributed by atoms with van der Waals surface area (Å²) in [6, 6.07) is 4.08. The fourth-order valence-electron chi connectivity index (χ4n) is 3.76. The molecule has 0 radical (unpaired) electrons. The van der Waals surface area contributed by atoms with Gasteiger partial charge in [0.25, 0.3) is 11.8 Å². The van der Waals surface area contributed by atoms with Crippen molar-refractivity contribution in [3.8, 4) is 0 Å². The fraction of sp³-hybridized carbons (Fsp3) is 0.450. The van der Waals surface area contributed by atoms with E-state index < -0.39 is 29.0 Å². The number of carbonyl (C=O) groups excluding carboxylic acids is 2. The highest BCUT2D eigenvalue weighted by molar-refractivity contribution is 6.08. The summed E-state index contributed by atoms with van der Waals surface area (Å²) in [5.74, 6) is -3.44. The number of anilines is 1. The van der Waals surface area contributed by atoms with Crippen molar-refractivity contribution in [1.29, 1.82) is 0 Å². The van der Waals surface area contributed by atoms with Gasteiger partial charge < -0.3 is 10.6 Å². The van der Waals surface area contributed by atoms with Crippen molar-refractivity contribution in [1.82, 2.24) is 20.4 Å². The van der Waals surface area contributed by atoms with Crippen LogP contribution in [0.15, 0.2) is 24.4 Å². The minimum Gasteiger partial charge on any atom is -0.349 e. The molecular weight excluding hydrogens is 380 g/mol. The van der Waals surface area contributed by atoms with E-state index in [0.29, 0.717) is 25.2 Å². The lowest BCUT2D eigenvalue weighted by atomic mass is 9.98. The average Bonchev–Trinajstić information content (AvgIpc) is 3.12. The molecule has 29 heavy (non-hydrogen) atoms. The monoisotopic (exact) mass is 405 g/mol. The summed E-state index contributed by atoms with van der Waals surface area (Å²) < 4.78 is 27.6. The number of hydrogen-bond acceptors (Lipinski definition) is 4. The van der Waals surface area contributed by atoms with Gasteiger partial charge in [0.1, 0.15) is 17.2 Å². The Bertz CT molecular complexity index is 855. The number of piperidine rings is 1. The molecule has 0 spiro atoms. The van der Waals surface area contributed by atoms with Gasteiger partial charge in [0, 0.05) is 31.4 Å². The summed E-state index contributed by atoms with van der Waals surface area (Å²) in [6.45, 7) is 5.50. The van der Waals surface area contributed by atoms with E-state index in [0.717, 1.165) is 25.0 Å². The largest absolute Gasteiger partial charge is 0.349 e. The van der Waals surface area contributed by atoms with E-state index in [4.69, 9.17) is 0 Å². The van der Waals surface area contributed by atoms with Crippen molar-refractivity contribution in [3.05, 3.63) is 47.3 Å². The van der Waals surface area contributed by atoms with Crippen LogP contribution >= 0.6 is 0 Å². The van der Waals surface area contributed by atoms with Crippen molar-refractivity contribution in [3.63, 3.8) is 0 Å². The van der Waals surface area contributed by atoms with Gasteiger partial charge in [-0.3, -0.25) is 19.6 Å². The molecule has 7 nitrogen and oxygen atoms in total. The summed E-state index contributed by atoms with van der Waals surface area (Å²) in [5.41, 5.74) is -0.710. The maximum atomic E-state index is 13.8. The van der Waals surface area contributed by atoms with Crippen LogP contribution in [0.3, 0.4) is 0 Å². The zero-order valence-corrected chi connectivity index (χ0v) is 16.5. The lowest BCUT2D eigenvalue weighted by Crippen LogP contribution is -2.47. The molecule has 2 aromatic rings. The van der Waals surface area contributed by atoms with E-state index in [9.17, 15) is 18.4 Å². The molecular formula is C20H25F2N5O2. The minimum atomic E-state index is -0.994. The second-order valence-corrected chi connectivity index (χ2v) is 7.32. The third-order valence-corrected chi connectivity index (χ3v) is 5.33. The Morgan fingerprint density at radius 1 is 1.17 bits per heavy atom. The summed E-state index contributed by atoms with van der Waals surface area (Å²) >= 11 is 0. The molecule has 1 aromatic carbocycles. The van der Waals surface area contributed by atoms with Gasteiger partial charge in [-0.15, -0.1) is 0 Å². The van der Waals surface area contributed by atoms with Gasteiger partial charge in [0.2, 0.25) is 0 Å². The number of amides is 2. The highest BCUT2D eigenvalue weighted by atomic mass is 19.1. The number of rotatable bonds is 6. The van der Waals surface area contributed by atoms with Crippen LogP contribution < -0.4 is 10.6 Å². The average molecular weight is 405 g/mol. The van der Waals surface area contributed by atoms with Crippen molar-refractivity contribution in [2.45, 2.75) is 45.2 Å². The van der Waals surface area contributed by atoms with Crippen LogP contribution in [0.25, 0.3) is 0 Å². The van der Waals surface area contributed by atoms with Crippen LogP contribution in [0.5, 0.6) is 0 Å². The molecule has 1 aliphatic heterocycles. The lowest BCUT2D eigenvalue weighted by molar-refractivity contribution is 0.0886. The van der Waals surface area contributed by atoms with Gasteiger partial charge in [-0.1, -0.05) is 12.5 Å². The molecule has 1 saturated heterocycles. The Morgan fingerprint density at radius 2 is 1.83 bits per heavy atom. The van der Waals surface area contributed by atoms with Crippen LogP contribution in [0.4, 0.5) is 14.5 Å². The quantitative estimate of drug-likeness (QED) is 0.689. The Kier molecular flexibility index (Phi) is 6.58. The van der Waals surface area contributed by atoms with Crippen LogP contribution in [-0.4, -0.2) is 52.1 Å². The molecule has 1 aromatic heterocycles. The van der Waals surface area contributed by atoms with Crippen molar-refractivity contribution in [2.24, 2.45) is 0 Å². The number of hydrogen-bond donors (Lipinski definition) is 3. The molecule has 156 valence electrons. The highest BCUT2D eigenvalue weighted by Gasteiger charge is 2.25. The van der Waals surface area contributed by atoms with Crippen molar-refractivity contribution >= 4 is 17.5 Å². The molecule has 2 amide bonds. The van der Waals surface area contributed by atoms with Crippen molar-refractivity contribution < 1.29 is 18.4 Å². The van der Waals surface area contributed by atoms with Crippen LogP contribution in [-0.2, 0) is 0 Å². The van der Waals surface area contributed by atoms with E-state index in [1.54, 1.807) is 0 Å². The standard InChI is InChI=1S/C20H25F2N5O2/c1-12-5-3-6-13(2)27(12)10-9-23-20(29)18-16(11-24-26-18)25-19(28)17-14(21)7-4-8-15(17)22/h4,7-8,11-13H,3,5-6,9-10H2,1-2H3,(H,23,29)(H,24,26)(H,25,28). The third kappa shape index (κ3) is 4.79. The minimum absolute atomic E-state index is 0.0464. The van der Waals surface area contributed by atoms with E-state index in [1.165, 1.54) is 18.7 Å². The van der Waals surface area contributed by atoms with Gasteiger partial charge in [-0.2, -0.15) is 5.10 Å². The number of aromatic amines is 1. The lowest BCUT2D eigenvalue weighted by Gasteiger charge is -2.38. The summed E-state index contributed by atoms with van der Waals surface area (Å²) in [5, 5.41) is 11.5. The van der Waals surface area contributed by atoms with E-state index in [2.05, 4.69) is 39.6 Å². The number of aromatic nitrogens is 2. The number of likely N-dealkylation sites (tertiary alicyclic amines) is 1. The third-order valence-electron chi connectivity index (χ3n) is 5.33. The van der Waals surface area contributed by atoms with Gasteiger partial charge in [-0.05, 0) is 38.8 Å².